The van der Waals surface area contributed by atoms with E-state index in [2.05, 4.69) is 17.3 Å². The number of hydrogen-bond donors (Lipinski definition) is 1. The summed E-state index contributed by atoms with van der Waals surface area (Å²) in [5, 5.41) is 8.05. The van der Waals surface area contributed by atoms with E-state index in [1.165, 1.54) is 4.90 Å². The quantitative estimate of drug-likeness (QED) is 0.248. The number of nitrogens with one attached hydrogen (secondary N) is 1. The Labute approximate surface area is 223 Å². The van der Waals surface area contributed by atoms with Gasteiger partial charge in [-0.05, 0) is 68.9 Å². The Bertz CT molecular complexity index is 1270. The Kier molecular flexibility index (Phi) is 8.23. The van der Waals surface area contributed by atoms with E-state index < -0.39 is 6.04 Å². The molecule has 0 unspecified atom stereocenters. The molecule has 0 bridgehead atoms. The molecule has 2 heterocycles. The fraction of sp³-hybridized carbons (Fsp3) is 0.357. The topological polar surface area (TPSA) is 79.7 Å². The first-order valence-corrected chi connectivity index (χ1v) is 12.9. The number of unbranched alkanes of at least 4 members (excludes halogenated alkanes) is 1. The average Bonchev–Trinajstić information content (AvgIpc) is 3.35. The van der Waals surface area contributed by atoms with E-state index >= 15 is 0 Å². The molecule has 1 N–H and O–H groups in total. The van der Waals surface area contributed by atoms with Crippen molar-refractivity contribution in [3.63, 3.8) is 0 Å². The van der Waals surface area contributed by atoms with Gasteiger partial charge < -0.3 is 15.0 Å². The van der Waals surface area contributed by atoms with Crippen molar-refractivity contribution >= 4 is 40.5 Å². The molecule has 1 saturated heterocycles. The van der Waals surface area contributed by atoms with Gasteiger partial charge in [0.15, 0.2) is 5.11 Å². The fourth-order valence-corrected chi connectivity index (χ4v) is 4.61. The molecule has 2 aromatic carbocycles. The van der Waals surface area contributed by atoms with Gasteiger partial charge in [0.1, 0.15) is 11.8 Å². The first-order valence-electron chi connectivity index (χ1n) is 12.5. The second kappa shape index (κ2) is 11.6. The van der Waals surface area contributed by atoms with Crippen LogP contribution in [0.5, 0.6) is 5.75 Å². The van der Waals surface area contributed by atoms with Crippen LogP contribution in [-0.2, 0) is 23.2 Å². The second-order valence-electron chi connectivity index (χ2n) is 9.32. The number of carbonyl (C=O) groups excluding carboxylic acids is 2. The highest BCUT2D eigenvalue weighted by Crippen LogP contribution is 2.29. The summed E-state index contributed by atoms with van der Waals surface area (Å²) in [5.41, 5.74) is 4.25. The lowest BCUT2D eigenvalue weighted by Gasteiger charge is -2.30. The summed E-state index contributed by atoms with van der Waals surface area (Å²) < 4.78 is 7.46. The van der Waals surface area contributed by atoms with Crippen molar-refractivity contribution < 1.29 is 14.3 Å². The van der Waals surface area contributed by atoms with Crippen LogP contribution in [0.2, 0.25) is 0 Å². The van der Waals surface area contributed by atoms with Crippen LogP contribution >= 0.6 is 12.2 Å². The minimum Gasteiger partial charge on any atom is -0.494 e. The molecule has 37 heavy (non-hydrogen) atoms. The molecule has 194 valence electrons. The zero-order valence-electron chi connectivity index (χ0n) is 21.7. The molecule has 3 aromatic rings. The van der Waals surface area contributed by atoms with Gasteiger partial charge in [0.05, 0.1) is 24.4 Å². The highest BCUT2D eigenvalue weighted by atomic mass is 32.1. The number of ether oxygens (including phenoxy) is 1. The van der Waals surface area contributed by atoms with Crippen LogP contribution < -0.4 is 15.0 Å². The van der Waals surface area contributed by atoms with Crippen molar-refractivity contribution in [2.24, 2.45) is 7.05 Å². The zero-order valence-corrected chi connectivity index (χ0v) is 22.5. The smallest absolute Gasteiger partial charge is 0.257 e. The lowest BCUT2D eigenvalue weighted by molar-refractivity contribution is -0.122. The molecule has 0 aliphatic carbocycles. The third-order valence-electron chi connectivity index (χ3n) is 6.38. The van der Waals surface area contributed by atoms with Gasteiger partial charge in [0, 0.05) is 31.0 Å². The summed E-state index contributed by atoms with van der Waals surface area (Å²) in [6, 6.07) is 14.2. The maximum Gasteiger partial charge on any atom is 0.257 e. The third kappa shape index (κ3) is 6.17. The second-order valence-corrected chi connectivity index (χ2v) is 9.71. The molecule has 1 atom stereocenters. The molecule has 4 rings (SSSR count). The van der Waals surface area contributed by atoms with Crippen LogP contribution in [0.4, 0.5) is 11.4 Å². The minimum absolute atomic E-state index is 0.0304. The Morgan fingerprint density at radius 3 is 2.46 bits per heavy atom. The van der Waals surface area contributed by atoms with Crippen LogP contribution in [-0.4, -0.2) is 44.3 Å². The number of nitrogens with zero attached hydrogens (tertiary/aromatic N) is 4. The van der Waals surface area contributed by atoms with Crippen molar-refractivity contribution in [2.75, 3.05) is 16.8 Å². The lowest BCUT2D eigenvalue weighted by atomic mass is 10.1. The van der Waals surface area contributed by atoms with E-state index in [0.29, 0.717) is 29.7 Å². The van der Waals surface area contributed by atoms with E-state index in [1.807, 2.05) is 51.4 Å². The molecular weight excluding hydrogens is 486 g/mol. The summed E-state index contributed by atoms with van der Waals surface area (Å²) in [6.07, 6.45) is 3.96. The molecule has 0 saturated carbocycles. The summed E-state index contributed by atoms with van der Waals surface area (Å²) in [7, 11) is 1.85. The first kappa shape index (κ1) is 26.3. The highest BCUT2D eigenvalue weighted by molar-refractivity contribution is 7.80. The molecule has 0 radical (unpaired) electrons. The average molecular weight is 520 g/mol. The summed E-state index contributed by atoms with van der Waals surface area (Å²) in [6.45, 7) is 7.02. The predicted octanol–water partition coefficient (Wildman–Crippen LogP) is 4.75. The summed E-state index contributed by atoms with van der Waals surface area (Å²) in [5.74, 6) is 0.143. The van der Waals surface area contributed by atoms with Gasteiger partial charge in [-0.1, -0.05) is 31.0 Å². The highest BCUT2D eigenvalue weighted by Gasteiger charge is 2.44. The normalized spacial score (nSPS) is 15.2. The minimum atomic E-state index is -0.738. The SMILES string of the molecule is CCCCOc1ccc(N2C(=O)C[C@H](N(Cc3cn(C)nc3C)C(=S)Nc3ccc(C)cc3)C2=O)cc1. The Hall–Kier alpha value is -3.72. The maximum atomic E-state index is 13.7. The third-order valence-corrected chi connectivity index (χ3v) is 6.72. The molecule has 1 aromatic heterocycles. The lowest BCUT2D eigenvalue weighted by Crippen LogP contribution is -2.46. The molecule has 9 heteroatoms. The van der Waals surface area contributed by atoms with Crippen LogP contribution in [0.25, 0.3) is 0 Å². The largest absolute Gasteiger partial charge is 0.494 e. The number of carbonyl (C=O) groups is 2. The molecule has 2 amide bonds. The Morgan fingerprint density at radius 2 is 1.84 bits per heavy atom. The van der Waals surface area contributed by atoms with Gasteiger partial charge in [0.2, 0.25) is 5.91 Å². The first-order chi connectivity index (χ1) is 17.8. The number of aryl methyl sites for hydroxylation is 3. The van der Waals surface area contributed by atoms with Crippen molar-refractivity contribution in [1.29, 1.82) is 0 Å². The number of anilines is 2. The van der Waals surface area contributed by atoms with Crippen molar-refractivity contribution in [2.45, 2.75) is 52.6 Å². The van der Waals surface area contributed by atoms with Crippen molar-refractivity contribution in [3.8, 4) is 5.75 Å². The number of benzene rings is 2. The van der Waals surface area contributed by atoms with Crippen LogP contribution in [0.15, 0.2) is 54.7 Å². The van der Waals surface area contributed by atoms with E-state index in [4.69, 9.17) is 17.0 Å². The number of rotatable bonds is 9. The molecule has 0 spiro atoms. The van der Waals surface area contributed by atoms with Crippen LogP contribution in [0.3, 0.4) is 0 Å². The Balaban J connectivity index is 1.57. The number of amides is 2. The van der Waals surface area contributed by atoms with Gasteiger partial charge in [-0.2, -0.15) is 5.10 Å². The number of thiocarbonyl (C=S) groups is 1. The molecule has 1 aliphatic rings. The number of hydrogen-bond acceptors (Lipinski definition) is 5. The summed E-state index contributed by atoms with van der Waals surface area (Å²) in [4.78, 5) is 29.8. The summed E-state index contributed by atoms with van der Waals surface area (Å²) >= 11 is 5.78. The molecule has 1 fully saturated rings. The van der Waals surface area contributed by atoms with Gasteiger partial charge >= 0.3 is 0 Å². The molecule has 1 aliphatic heterocycles. The number of imide groups is 1. The molecular formula is C28H33N5O3S. The van der Waals surface area contributed by atoms with Gasteiger partial charge in [-0.15, -0.1) is 0 Å². The van der Waals surface area contributed by atoms with Crippen molar-refractivity contribution in [1.82, 2.24) is 14.7 Å². The van der Waals surface area contributed by atoms with Gasteiger partial charge in [0.25, 0.3) is 5.91 Å². The fourth-order valence-electron chi connectivity index (χ4n) is 4.30. The van der Waals surface area contributed by atoms with Gasteiger partial charge in [-0.3, -0.25) is 14.3 Å². The van der Waals surface area contributed by atoms with Crippen LogP contribution in [0, 0.1) is 13.8 Å². The van der Waals surface area contributed by atoms with Gasteiger partial charge in [-0.25, -0.2) is 4.90 Å². The van der Waals surface area contributed by atoms with E-state index in [0.717, 1.165) is 35.3 Å². The van der Waals surface area contributed by atoms with E-state index in [1.54, 1.807) is 33.8 Å². The van der Waals surface area contributed by atoms with E-state index in [-0.39, 0.29) is 18.2 Å². The van der Waals surface area contributed by atoms with Crippen molar-refractivity contribution in [3.05, 3.63) is 71.5 Å². The number of aromatic nitrogens is 2. The maximum absolute atomic E-state index is 13.7. The Morgan fingerprint density at radius 1 is 1.14 bits per heavy atom. The predicted molar refractivity (Wildman–Crippen MR) is 149 cm³/mol. The monoisotopic (exact) mass is 519 g/mol. The van der Waals surface area contributed by atoms with Crippen LogP contribution in [0.1, 0.15) is 43.0 Å². The zero-order chi connectivity index (χ0) is 26.5. The van der Waals surface area contributed by atoms with E-state index in [9.17, 15) is 9.59 Å². The molecule has 8 nitrogen and oxygen atoms in total. The standard InChI is InChI=1S/C28H33N5O3S/c1-5-6-15-36-24-13-11-23(12-14-24)33-26(34)16-25(27(33)35)32(18-21-17-31(4)30-20(21)3)28(37)29-22-9-7-19(2)8-10-22/h7-14,17,25H,5-6,15-16,18H2,1-4H3,(H,29,37)/t25-/m0/s1.